The Morgan fingerprint density at radius 1 is 1.47 bits per heavy atom. The van der Waals surface area contributed by atoms with Crippen LogP contribution in [-0.4, -0.2) is 20.9 Å². The van der Waals surface area contributed by atoms with Crippen molar-refractivity contribution >= 4 is 0 Å². The van der Waals surface area contributed by atoms with Crippen molar-refractivity contribution in [2.24, 2.45) is 0 Å². The van der Waals surface area contributed by atoms with Crippen molar-refractivity contribution in [3.05, 3.63) is 16.3 Å². The highest BCUT2D eigenvalue weighted by Gasteiger charge is 2.16. The van der Waals surface area contributed by atoms with E-state index < -0.39 is 0 Å². The largest absolute Gasteiger partial charge is 0.368 e. The lowest BCUT2D eigenvalue weighted by atomic mass is 10.3. The Hall–Kier alpha value is -1.10. The zero-order chi connectivity index (χ0) is 11.4. The molecule has 0 saturated heterocycles. The minimum Gasteiger partial charge on any atom is -0.368 e. The summed E-state index contributed by atoms with van der Waals surface area (Å²) in [5.74, 6) is 0.676. The van der Waals surface area contributed by atoms with E-state index >= 15 is 0 Å². The fourth-order valence-electron chi connectivity index (χ4n) is 1.55. The standard InChI is InChI=1S/C10H19N3O2/c1-5-6-13-9(11-12-10(13)14)8(4)15-7(2)3/h7-8H,5-6H2,1-4H3,(H,12,14)/t8-/m1/s1. The third-order valence-electron chi connectivity index (χ3n) is 2.07. The molecule has 1 heterocycles. The van der Waals surface area contributed by atoms with Crippen molar-refractivity contribution in [2.75, 3.05) is 0 Å². The number of hydrogen-bond donors (Lipinski definition) is 1. The zero-order valence-electron chi connectivity index (χ0n) is 9.78. The number of ether oxygens (including phenoxy) is 1. The number of H-pyrrole nitrogens is 1. The molecule has 0 unspecified atom stereocenters. The van der Waals surface area contributed by atoms with Gasteiger partial charge in [0.1, 0.15) is 6.10 Å². The second kappa shape index (κ2) is 5.11. The van der Waals surface area contributed by atoms with E-state index in [1.807, 2.05) is 27.7 Å². The van der Waals surface area contributed by atoms with Gasteiger partial charge in [-0.3, -0.25) is 4.57 Å². The van der Waals surface area contributed by atoms with Gasteiger partial charge in [0.2, 0.25) is 0 Å². The average molecular weight is 213 g/mol. The molecule has 1 atom stereocenters. The Labute approximate surface area is 89.5 Å². The third kappa shape index (κ3) is 2.92. The van der Waals surface area contributed by atoms with Crippen LogP contribution in [0.4, 0.5) is 0 Å². The van der Waals surface area contributed by atoms with Gasteiger partial charge in [-0.1, -0.05) is 6.92 Å². The molecule has 0 aliphatic heterocycles. The second-order valence-corrected chi connectivity index (χ2v) is 3.87. The molecular weight excluding hydrogens is 194 g/mol. The van der Waals surface area contributed by atoms with E-state index in [1.54, 1.807) is 4.57 Å². The molecule has 0 radical (unpaired) electrons. The fraction of sp³-hybridized carbons (Fsp3) is 0.800. The second-order valence-electron chi connectivity index (χ2n) is 3.87. The topological polar surface area (TPSA) is 59.9 Å². The number of aromatic amines is 1. The molecule has 5 nitrogen and oxygen atoms in total. The molecular formula is C10H19N3O2. The molecule has 0 aliphatic rings. The zero-order valence-corrected chi connectivity index (χ0v) is 9.78. The molecule has 0 spiro atoms. The van der Waals surface area contributed by atoms with Crippen molar-refractivity contribution in [3.63, 3.8) is 0 Å². The van der Waals surface area contributed by atoms with Crippen LogP contribution in [0, 0.1) is 0 Å². The maximum atomic E-state index is 11.4. The molecule has 1 rings (SSSR count). The summed E-state index contributed by atoms with van der Waals surface area (Å²) >= 11 is 0. The van der Waals surface area contributed by atoms with Gasteiger partial charge in [0.25, 0.3) is 0 Å². The third-order valence-corrected chi connectivity index (χ3v) is 2.07. The van der Waals surface area contributed by atoms with Gasteiger partial charge in [-0.2, -0.15) is 5.10 Å². The molecule has 15 heavy (non-hydrogen) atoms. The van der Waals surface area contributed by atoms with Gasteiger partial charge in [0, 0.05) is 6.54 Å². The van der Waals surface area contributed by atoms with Gasteiger partial charge in [-0.25, -0.2) is 9.89 Å². The number of nitrogens with zero attached hydrogens (tertiary/aromatic N) is 2. The highest BCUT2D eigenvalue weighted by Crippen LogP contribution is 2.14. The van der Waals surface area contributed by atoms with E-state index in [-0.39, 0.29) is 17.9 Å². The first-order valence-corrected chi connectivity index (χ1v) is 5.36. The monoisotopic (exact) mass is 213 g/mol. The maximum absolute atomic E-state index is 11.4. The summed E-state index contributed by atoms with van der Waals surface area (Å²) in [6, 6.07) is 0. The van der Waals surface area contributed by atoms with E-state index in [9.17, 15) is 4.79 Å². The molecule has 0 aliphatic carbocycles. The number of nitrogens with one attached hydrogen (secondary N) is 1. The molecule has 1 N–H and O–H groups in total. The van der Waals surface area contributed by atoms with E-state index in [2.05, 4.69) is 10.2 Å². The number of aromatic nitrogens is 3. The van der Waals surface area contributed by atoms with Crippen LogP contribution in [0.3, 0.4) is 0 Å². The van der Waals surface area contributed by atoms with Crippen LogP contribution < -0.4 is 5.69 Å². The minimum absolute atomic E-state index is 0.127. The lowest BCUT2D eigenvalue weighted by Crippen LogP contribution is -2.21. The first-order valence-electron chi connectivity index (χ1n) is 5.36. The number of rotatable bonds is 5. The molecule has 5 heteroatoms. The van der Waals surface area contributed by atoms with Gasteiger partial charge in [-0.05, 0) is 27.2 Å². The first kappa shape index (κ1) is 12.0. The summed E-state index contributed by atoms with van der Waals surface area (Å²) in [7, 11) is 0. The lowest BCUT2D eigenvalue weighted by molar-refractivity contribution is 0.0106. The summed E-state index contributed by atoms with van der Waals surface area (Å²) in [6.45, 7) is 8.53. The van der Waals surface area contributed by atoms with Gasteiger partial charge >= 0.3 is 5.69 Å². The van der Waals surface area contributed by atoms with Crippen molar-refractivity contribution in [2.45, 2.75) is 52.9 Å². The van der Waals surface area contributed by atoms with Crippen molar-refractivity contribution in [1.82, 2.24) is 14.8 Å². The van der Waals surface area contributed by atoms with Crippen LogP contribution in [0.15, 0.2) is 4.79 Å². The Morgan fingerprint density at radius 2 is 2.13 bits per heavy atom. The van der Waals surface area contributed by atoms with Crippen LogP contribution in [0.5, 0.6) is 0 Å². The van der Waals surface area contributed by atoms with E-state index in [0.29, 0.717) is 12.4 Å². The summed E-state index contributed by atoms with van der Waals surface area (Å²) < 4.78 is 7.23. The normalized spacial score (nSPS) is 13.4. The van der Waals surface area contributed by atoms with Crippen LogP contribution in [0.1, 0.15) is 46.0 Å². The molecule has 1 aromatic heterocycles. The molecule has 0 amide bonds. The lowest BCUT2D eigenvalue weighted by Gasteiger charge is -2.15. The highest BCUT2D eigenvalue weighted by atomic mass is 16.5. The molecule has 1 aromatic rings. The molecule has 0 saturated carbocycles. The molecule has 86 valence electrons. The number of hydrogen-bond acceptors (Lipinski definition) is 3. The highest BCUT2D eigenvalue weighted by molar-refractivity contribution is 4.90. The van der Waals surface area contributed by atoms with E-state index in [4.69, 9.17) is 4.74 Å². The Balaban J connectivity index is 2.88. The van der Waals surface area contributed by atoms with Crippen LogP contribution >= 0.6 is 0 Å². The van der Waals surface area contributed by atoms with Crippen LogP contribution in [-0.2, 0) is 11.3 Å². The Bertz CT molecular complexity index is 354. The summed E-state index contributed by atoms with van der Waals surface area (Å²) in [5.41, 5.74) is -0.161. The van der Waals surface area contributed by atoms with Crippen LogP contribution in [0.25, 0.3) is 0 Å². The predicted octanol–water partition coefficient (Wildman–Crippen LogP) is 1.47. The first-order chi connectivity index (χ1) is 7.06. The SMILES string of the molecule is CCCn1c([C@@H](C)OC(C)C)n[nH]c1=O. The average Bonchev–Trinajstić information content (AvgIpc) is 2.48. The van der Waals surface area contributed by atoms with Crippen molar-refractivity contribution < 1.29 is 4.74 Å². The smallest absolute Gasteiger partial charge is 0.343 e. The van der Waals surface area contributed by atoms with Crippen molar-refractivity contribution in [1.29, 1.82) is 0 Å². The maximum Gasteiger partial charge on any atom is 0.343 e. The quantitative estimate of drug-likeness (QED) is 0.805. The molecule has 0 bridgehead atoms. The fourth-order valence-corrected chi connectivity index (χ4v) is 1.55. The Morgan fingerprint density at radius 3 is 2.67 bits per heavy atom. The van der Waals surface area contributed by atoms with E-state index in [1.165, 1.54) is 0 Å². The summed E-state index contributed by atoms with van der Waals surface area (Å²) in [4.78, 5) is 11.4. The predicted molar refractivity (Wildman–Crippen MR) is 57.8 cm³/mol. The minimum atomic E-state index is -0.161. The van der Waals surface area contributed by atoms with Gasteiger partial charge < -0.3 is 4.74 Å². The molecule has 0 fully saturated rings. The van der Waals surface area contributed by atoms with Crippen LogP contribution in [0.2, 0.25) is 0 Å². The van der Waals surface area contributed by atoms with Crippen molar-refractivity contribution in [3.8, 4) is 0 Å². The summed E-state index contributed by atoms with van der Waals surface area (Å²) in [6.07, 6.45) is 0.873. The van der Waals surface area contributed by atoms with Gasteiger partial charge in [-0.15, -0.1) is 0 Å². The Kier molecular flexibility index (Phi) is 4.08. The van der Waals surface area contributed by atoms with E-state index in [0.717, 1.165) is 6.42 Å². The van der Waals surface area contributed by atoms with Gasteiger partial charge in [0.05, 0.1) is 6.10 Å². The van der Waals surface area contributed by atoms with Gasteiger partial charge in [0.15, 0.2) is 5.82 Å². The molecule has 0 aromatic carbocycles. The summed E-state index contributed by atoms with van der Waals surface area (Å²) in [5, 5.41) is 6.44.